The Morgan fingerprint density at radius 2 is 2.42 bits per heavy atom. The van der Waals surface area contributed by atoms with Gasteiger partial charge in [-0.3, -0.25) is 0 Å². The quantitative estimate of drug-likeness (QED) is 0.680. The van der Waals surface area contributed by atoms with Crippen LogP contribution in [0.15, 0.2) is 6.07 Å². The predicted octanol–water partition coefficient (Wildman–Crippen LogP) is 1.16. The topological polar surface area (TPSA) is 64.3 Å². The lowest BCUT2D eigenvalue weighted by Crippen LogP contribution is -2.00. The summed E-state index contributed by atoms with van der Waals surface area (Å²) in [7, 11) is 3.10. The van der Waals surface area contributed by atoms with E-state index in [9.17, 15) is 4.79 Å². The Labute approximate surface area is 74.3 Å². The molecule has 0 fully saturated rings. The van der Waals surface area contributed by atoms with Gasteiger partial charge in [-0.2, -0.15) is 0 Å². The predicted molar refractivity (Wildman–Crippen MR) is 49.6 cm³/mol. The van der Waals surface area contributed by atoms with Crippen LogP contribution in [0.1, 0.15) is 9.67 Å². The van der Waals surface area contributed by atoms with E-state index in [1.54, 1.807) is 13.1 Å². The first-order valence-corrected chi connectivity index (χ1v) is 4.16. The van der Waals surface area contributed by atoms with Crippen molar-refractivity contribution in [3.05, 3.63) is 10.9 Å². The van der Waals surface area contributed by atoms with Gasteiger partial charge in [0.25, 0.3) is 0 Å². The van der Waals surface area contributed by atoms with Gasteiger partial charge in [0, 0.05) is 7.05 Å². The number of methoxy groups -OCH3 is 1. The Bertz CT molecular complexity index is 296. The highest BCUT2D eigenvalue weighted by molar-refractivity contribution is 7.18. The summed E-state index contributed by atoms with van der Waals surface area (Å²) >= 11 is 1.28. The molecule has 12 heavy (non-hydrogen) atoms. The minimum Gasteiger partial charge on any atom is -0.465 e. The Hall–Kier alpha value is -1.23. The summed E-state index contributed by atoms with van der Waals surface area (Å²) in [5.41, 5.74) is 6.02. The number of nitrogens with two attached hydrogens (primary N) is 1. The Morgan fingerprint density at radius 3 is 2.83 bits per heavy atom. The van der Waals surface area contributed by atoms with Gasteiger partial charge < -0.3 is 15.8 Å². The molecule has 0 spiro atoms. The maximum absolute atomic E-state index is 11.0. The largest absolute Gasteiger partial charge is 0.465 e. The fourth-order valence-electron chi connectivity index (χ4n) is 0.781. The number of nitrogens with one attached hydrogen (secondary N) is 1. The molecule has 3 N–H and O–H groups in total. The number of carbonyl (C=O) groups is 1. The molecule has 0 radical (unpaired) electrons. The molecule has 66 valence electrons. The van der Waals surface area contributed by atoms with E-state index in [0.717, 1.165) is 5.00 Å². The number of hydrogen-bond donors (Lipinski definition) is 2. The number of anilines is 2. The average Bonchev–Trinajstić information content (AvgIpc) is 2.45. The van der Waals surface area contributed by atoms with Gasteiger partial charge in [0.1, 0.15) is 4.88 Å². The van der Waals surface area contributed by atoms with Crippen molar-refractivity contribution in [2.75, 3.05) is 25.2 Å². The molecule has 5 heteroatoms. The number of ether oxygens (including phenoxy) is 1. The zero-order valence-corrected chi connectivity index (χ0v) is 7.70. The second-order valence-electron chi connectivity index (χ2n) is 2.14. The fourth-order valence-corrected chi connectivity index (χ4v) is 1.63. The van der Waals surface area contributed by atoms with Crippen LogP contribution in [-0.4, -0.2) is 20.1 Å². The highest BCUT2D eigenvalue weighted by atomic mass is 32.1. The Balaban J connectivity index is 2.99. The molecule has 0 aliphatic heterocycles. The highest BCUT2D eigenvalue weighted by Gasteiger charge is 2.13. The van der Waals surface area contributed by atoms with E-state index in [2.05, 4.69) is 10.1 Å². The van der Waals surface area contributed by atoms with Gasteiger partial charge in [0.2, 0.25) is 0 Å². The van der Waals surface area contributed by atoms with Crippen molar-refractivity contribution in [1.82, 2.24) is 0 Å². The van der Waals surface area contributed by atoms with Crippen molar-refractivity contribution in [2.24, 2.45) is 0 Å². The lowest BCUT2D eigenvalue weighted by molar-refractivity contribution is 0.0607. The molecular weight excluding hydrogens is 176 g/mol. The molecule has 0 aliphatic rings. The van der Waals surface area contributed by atoms with Gasteiger partial charge in [-0.05, 0) is 6.07 Å². The third-order valence-electron chi connectivity index (χ3n) is 1.38. The van der Waals surface area contributed by atoms with Crippen molar-refractivity contribution in [3.63, 3.8) is 0 Å². The van der Waals surface area contributed by atoms with Crippen LogP contribution in [0.2, 0.25) is 0 Å². The second kappa shape index (κ2) is 3.44. The van der Waals surface area contributed by atoms with Gasteiger partial charge in [-0.25, -0.2) is 4.79 Å². The molecule has 0 aromatic carbocycles. The van der Waals surface area contributed by atoms with Gasteiger partial charge in [0.05, 0.1) is 17.8 Å². The Morgan fingerprint density at radius 1 is 1.75 bits per heavy atom. The summed E-state index contributed by atoms with van der Waals surface area (Å²) in [6, 6.07) is 1.71. The van der Waals surface area contributed by atoms with Crippen LogP contribution in [0.25, 0.3) is 0 Å². The van der Waals surface area contributed by atoms with Crippen LogP contribution < -0.4 is 11.1 Å². The monoisotopic (exact) mass is 186 g/mol. The number of thiophene rings is 1. The van der Waals surface area contributed by atoms with E-state index in [-0.39, 0.29) is 5.97 Å². The first-order valence-electron chi connectivity index (χ1n) is 3.34. The van der Waals surface area contributed by atoms with Crippen LogP contribution in [-0.2, 0) is 4.74 Å². The van der Waals surface area contributed by atoms with E-state index in [4.69, 9.17) is 5.73 Å². The zero-order chi connectivity index (χ0) is 9.14. The van der Waals surface area contributed by atoms with Crippen LogP contribution >= 0.6 is 11.3 Å². The molecule has 4 nitrogen and oxygen atoms in total. The van der Waals surface area contributed by atoms with E-state index < -0.39 is 0 Å². The number of carbonyl (C=O) groups excluding carboxylic acids is 1. The van der Waals surface area contributed by atoms with Crippen LogP contribution in [0.4, 0.5) is 10.7 Å². The smallest absolute Gasteiger partial charge is 0.350 e. The highest BCUT2D eigenvalue weighted by Crippen LogP contribution is 2.28. The zero-order valence-electron chi connectivity index (χ0n) is 6.88. The average molecular weight is 186 g/mol. The van der Waals surface area contributed by atoms with E-state index >= 15 is 0 Å². The summed E-state index contributed by atoms with van der Waals surface area (Å²) in [6.45, 7) is 0. The van der Waals surface area contributed by atoms with Gasteiger partial charge in [-0.1, -0.05) is 0 Å². The van der Waals surface area contributed by atoms with Crippen molar-refractivity contribution in [2.45, 2.75) is 0 Å². The minimum absolute atomic E-state index is 0.390. The van der Waals surface area contributed by atoms with Gasteiger partial charge in [-0.15, -0.1) is 11.3 Å². The summed E-state index contributed by atoms with van der Waals surface area (Å²) in [6.07, 6.45) is 0. The van der Waals surface area contributed by atoms with E-state index in [0.29, 0.717) is 10.6 Å². The van der Waals surface area contributed by atoms with Crippen LogP contribution in [0.3, 0.4) is 0 Å². The van der Waals surface area contributed by atoms with Crippen molar-refractivity contribution in [1.29, 1.82) is 0 Å². The lowest BCUT2D eigenvalue weighted by Gasteiger charge is -1.94. The molecule has 1 heterocycles. The first kappa shape index (κ1) is 8.86. The van der Waals surface area contributed by atoms with Crippen LogP contribution in [0, 0.1) is 0 Å². The van der Waals surface area contributed by atoms with Crippen molar-refractivity contribution >= 4 is 28.0 Å². The standard InChI is InChI=1S/C7H10N2O2S/c1-9-5-3-4(8)6(12-5)7(10)11-2/h3,9H,8H2,1-2H3. The van der Waals surface area contributed by atoms with Crippen molar-refractivity contribution in [3.8, 4) is 0 Å². The third kappa shape index (κ3) is 1.50. The Kier molecular flexibility index (Phi) is 2.54. The summed E-state index contributed by atoms with van der Waals surface area (Å²) in [4.78, 5) is 11.5. The molecule has 0 bridgehead atoms. The second-order valence-corrected chi connectivity index (χ2v) is 3.19. The molecule has 0 aliphatic carbocycles. The summed E-state index contributed by atoms with van der Waals surface area (Å²) in [5, 5.41) is 3.75. The fraction of sp³-hybridized carbons (Fsp3) is 0.286. The molecule has 0 amide bonds. The van der Waals surface area contributed by atoms with E-state index in [1.165, 1.54) is 18.4 Å². The molecule has 0 saturated carbocycles. The molecule has 1 rings (SSSR count). The van der Waals surface area contributed by atoms with Gasteiger partial charge in [0.15, 0.2) is 0 Å². The number of rotatable bonds is 2. The molecule has 1 aromatic rings. The first-order chi connectivity index (χ1) is 5.69. The molecule has 0 atom stereocenters. The SMILES string of the molecule is CNc1cc(N)c(C(=O)OC)s1. The molecule has 0 saturated heterocycles. The minimum atomic E-state index is -0.390. The number of esters is 1. The van der Waals surface area contributed by atoms with Crippen LogP contribution in [0.5, 0.6) is 0 Å². The van der Waals surface area contributed by atoms with E-state index in [1.807, 2.05) is 0 Å². The molecular formula is C7H10N2O2S. The molecule has 1 aromatic heterocycles. The maximum Gasteiger partial charge on any atom is 0.350 e. The van der Waals surface area contributed by atoms with Crippen molar-refractivity contribution < 1.29 is 9.53 Å². The molecule has 0 unspecified atom stereocenters. The summed E-state index contributed by atoms with van der Waals surface area (Å²) in [5.74, 6) is -0.390. The number of nitrogen functional groups attached to an aromatic ring is 1. The summed E-state index contributed by atoms with van der Waals surface area (Å²) < 4.78 is 4.54. The number of hydrogen-bond acceptors (Lipinski definition) is 5. The van der Waals surface area contributed by atoms with Gasteiger partial charge >= 0.3 is 5.97 Å². The third-order valence-corrected chi connectivity index (χ3v) is 2.53. The normalized spacial score (nSPS) is 9.50. The lowest BCUT2D eigenvalue weighted by atomic mass is 10.4. The maximum atomic E-state index is 11.0.